The minimum Gasteiger partial charge on any atom is -0.387 e. The second-order valence-electron chi connectivity index (χ2n) is 3.75. The van der Waals surface area contributed by atoms with Crippen LogP contribution < -0.4 is 0 Å². The molecule has 0 unspecified atom stereocenters. The van der Waals surface area contributed by atoms with Gasteiger partial charge in [0.2, 0.25) is 0 Å². The van der Waals surface area contributed by atoms with Gasteiger partial charge in [0.25, 0.3) is 0 Å². The van der Waals surface area contributed by atoms with Crippen molar-refractivity contribution in [2.45, 2.75) is 20.0 Å². The average Bonchev–Trinajstić information content (AvgIpc) is 2.19. The van der Waals surface area contributed by atoms with Gasteiger partial charge in [-0.1, -0.05) is 44.2 Å². The van der Waals surface area contributed by atoms with Crippen molar-refractivity contribution < 1.29 is 5.11 Å². The Bertz CT molecular complexity index is 313. The van der Waals surface area contributed by atoms with E-state index in [4.69, 9.17) is 5.26 Å². The Morgan fingerprint density at radius 3 is 2.21 bits per heavy atom. The average molecular weight is 189 g/mol. The molecule has 0 saturated carbocycles. The molecule has 0 radical (unpaired) electrons. The maximum Gasteiger partial charge on any atom is 0.0950 e. The Balaban J connectivity index is 2.85. The summed E-state index contributed by atoms with van der Waals surface area (Å²) in [5.74, 6) is -0.174. The molecule has 1 N–H and O–H groups in total. The van der Waals surface area contributed by atoms with E-state index in [1.807, 2.05) is 44.2 Å². The smallest absolute Gasteiger partial charge is 0.0950 e. The van der Waals surface area contributed by atoms with Gasteiger partial charge in [-0.2, -0.15) is 5.26 Å². The molecular formula is C12H15NO. The predicted molar refractivity (Wildman–Crippen MR) is 55.3 cm³/mol. The van der Waals surface area contributed by atoms with Crippen molar-refractivity contribution in [2.24, 2.45) is 11.8 Å². The third-order valence-electron chi connectivity index (χ3n) is 2.35. The third kappa shape index (κ3) is 2.34. The first-order valence-electron chi connectivity index (χ1n) is 4.79. The van der Waals surface area contributed by atoms with E-state index in [1.165, 1.54) is 0 Å². The number of benzene rings is 1. The standard InChI is InChI=1S/C12H15NO/c1-9(2)11(8-13)12(14)10-6-4-3-5-7-10/h3-7,9,11-12,14H,1-2H3/t11-,12-/m0/s1. The molecule has 2 nitrogen and oxygen atoms in total. The molecule has 14 heavy (non-hydrogen) atoms. The first-order chi connectivity index (χ1) is 6.66. The highest BCUT2D eigenvalue weighted by atomic mass is 16.3. The van der Waals surface area contributed by atoms with Gasteiger partial charge in [-0.3, -0.25) is 0 Å². The van der Waals surface area contributed by atoms with E-state index < -0.39 is 6.10 Å². The number of nitrogens with zero attached hydrogens (tertiary/aromatic N) is 1. The van der Waals surface area contributed by atoms with Crippen LogP contribution in [-0.4, -0.2) is 5.11 Å². The Kier molecular flexibility index (Phi) is 3.67. The zero-order valence-electron chi connectivity index (χ0n) is 8.51. The molecule has 2 heteroatoms. The molecule has 74 valence electrons. The van der Waals surface area contributed by atoms with Crippen LogP contribution in [0.2, 0.25) is 0 Å². The lowest BCUT2D eigenvalue weighted by atomic mass is 9.88. The molecule has 2 atom stereocenters. The number of rotatable bonds is 3. The van der Waals surface area contributed by atoms with E-state index in [-0.39, 0.29) is 11.8 Å². The van der Waals surface area contributed by atoms with E-state index >= 15 is 0 Å². The summed E-state index contributed by atoms with van der Waals surface area (Å²) >= 11 is 0. The van der Waals surface area contributed by atoms with Gasteiger partial charge in [-0.15, -0.1) is 0 Å². The minimum absolute atomic E-state index is 0.162. The number of nitriles is 1. The van der Waals surface area contributed by atoms with Crippen LogP contribution in [0.25, 0.3) is 0 Å². The van der Waals surface area contributed by atoms with E-state index in [0.717, 1.165) is 5.56 Å². The van der Waals surface area contributed by atoms with Gasteiger partial charge in [0, 0.05) is 0 Å². The van der Waals surface area contributed by atoms with Gasteiger partial charge in [0.15, 0.2) is 0 Å². The second-order valence-corrected chi connectivity index (χ2v) is 3.75. The monoisotopic (exact) mass is 189 g/mol. The molecule has 0 aliphatic carbocycles. The van der Waals surface area contributed by atoms with Crippen molar-refractivity contribution in [3.63, 3.8) is 0 Å². The van der Waals surface area contributed by atoms with Crippen molar-refractivity contribution in [3.05, 3.63) is 35.9 Å². The molecular weight excluding hydrogens is 174 g/mol. The van der Waals surface area contributed by atoms with Crippen molar-refractivity contribution in [3.8, 4) is 6.07 Å². The zero-order valence-corrected chi connectivity index (χ0v) is 8.51. The Labute approximate surface area is 84.8 Å². The summed E-state index contributed by atoms with van der Waals surface area (Å²) < 4.78 is 0. The fourth-order valence-corrected chi connectivity index (χ4v) is 1.44. The van der Waals surface area contributed by atoms with Crippen LogP contribution >= 0.6 is 0 Å². The first kappa shape index (κ1) is 10.7. The largest absolute Gasteiger partial charge is 0.387 e. The molecule has 0 aromatic heterocycles. The highest BCUT2D eigenvalue weighted by Crippen LogP contribution is 2.26. The normalized spacial score (nSPS) is 14.8. The maximum atomic E-state index is 9.93. The molecule has 0 aliphatic heterocycles. The SMILES string of the molecule is CC(C)[C@H](C#N)[C@@H](O)c1ccccc1. The van der Waals surface area contributed by atoms with Gasteiger partial charge >= 0.3 is 0 Å². The highest BCUT2D eigenvalue weighted by Gasteiger charge is 2.23. The Morgan fingerprint density at radius 2 is 1.79 bits per heavy atom. The van der Waals surface area contributed by atoms with E-state index in [9.17, 15) is 5.11 Å². The predicted octanol–water partition coefficient (Wildman–Crippen LogP) is 2.52. The molecule has 1 aromatic rings. The van der Waals surface area contributed by atoms with Crippen LogP contribution in [0.5, 0.6) is 0 Å². The lowest BCUT2D eigenvalue weighted by Gasteiger charge is -2.19. The van der Waals surface area contributed by atoms with Gasteiger partial charge in [0.1, 0.15) is 0 Å². The van der Waals surface area contributed by atoms with Crippen LogP contribution in [0.15, 0.2) is 30.3 Å². The van der Waals surface area contributed by atoms with Gasteiger partial charge in [-0.05, 0) is 11.5 Å². The van der Waals surface area contributed by atoms with Crippen LogP contribution in [0, 0.1) is 23.2 Å². The molecule has 0 bridgehead atoms. The summed E-state index contributed by atoms with van der Waals surface area (Å²) in [4.78, 5) is 0. The van der Waals surface area contributed by atoms with Crippen LogP contribution in [0.4, 0.5) is 0 Å². The minimum atomic E-state index is -0.679. The highest BCUT2D eigenvalue weighted by molar-refractivity contribution is 5.19. The number of aliphatic hydroxyl groups excluding tert-OH is 1. The van der Waals surface area contributed by atoms with E-state index in [1.54, 1.807) is 0 Å². The van der Waals surface area contributed by atoms with E-state index in [2.05, 4.69) is 6.07 Å². The second kappa shape index (κ2) is 4.78. The van der Waals surface area contributed by atoms with Gasteiger partial charge < -0.3 is 5.11 Å². The van der Waals surface area contributed by atoms with Gasteiger partial charge in [0.05, 0.1) is 18.1 Å². The molecule has 0 spiro atoms. The first-order valence-corrected chi connectivity index (χ1v) is 4.79. The summed E-state index contributed by atoms with van der Waals surface area (Å²) in [6.07, 6.45) is -0.679. The molecule has 0 fully saturated rings. The van der Waals surface area contributed by atoms with Crippen molar-refractivity contribution in [2.75, 3.05) is 0 Å². The maximum absolute atomic E-state index is 9.93. The number of aliphatic hydroxyl groups is 1. The molecule has 0 amide bonds. The van der Waals surface area contributed by atoms with Crippen molar-refractivity contribution >= 4 is 0 Å². The summed E-state index contributed by atoms with van der Waals surface area (Å²) in [7, 11) is 0. The van der Waals surface area contributed by atoms with Crippen LogP contribution in [0.1, 0.15) is 25.5 Å². The molecule has 0 heterocycles. The number of hydrogen-bond donors (Lipinski definition) is 1. The topological polar surface area (TPSA) is 44.0 Å². The molecule has 1 rings (SSSR count). The Hall–Kier alpha value is -1.33. The summed E-state index contributed by atoms with van der Waals surface area (Å²) in [5, 5.41) is 18.8. The Morgan fingerprint density at radius 1 is 1.21 bits per heavy atom. The summed E-state index contributed by atoms with van der Waals surface area (Å²) in [6.45, 7) is 3.89. The zero-order chi connectivity index (χ0) is 10.6. The van der Waals surface area contributed by atoms with Crippen molar-refractivity contribution in [1.29, 1.82) is 5.26 Å². The van der Waals surface area contributed by atoms with Crippen molar-refractivity contribution in [1.82, 2.24) is 0 Å². The van der Waals surface area contributed by atoms with Crippen LogP contribution in [0.3, 0.4) is 0 Å². The molecule has 0 aliphatic rings. The van der Waals surface area contributed by atoms with Gasteiger partial charge in [-0.25, -0.2) is 0 Å². The van der Waals surface area contributed by atoms with E-state index in [0.29, 0.717) is 0 Å². The lowest BCUT2D eigenvalue weighted by Crippen LogP contribution is -2.16. The lowest BCUT2D eigenvalue weighted by molar-refractivity contribution is 0.112. The van der Waals surface area contributed by atoms with Crippen LogP contribution in [-0.2, 0) is 0 Å². The summed E-state index contributed by atoms with van der Waals surface area (Å²) in [6, 6.07) is 11.5. The molecule has 1 aromatic carbocycles. The number of hydrogen-bond acceptors (Lipinski definition) is 2. The fourth-order valence-electron chi connectivity index (χ4n) is 1.44. The quantitative estimate of drug-likeness (QED) is 0.794. The summed E-state index contributed by atoms with van der Waals surface area (Å²) in [5.41, 5.74) is 0.813. The molecule has 0 saturated heterocycles. The third-order valence-corrected chi connectivity index (χ3v) is 2.35. The fraction of sp³-hybridized carbons (Fsp3) is 0.417.